The summed E-state index contributed by atoms with van der Waals surface area (Å²) in [5.41, 5.74) is 2.47. The normalized spacial score (nSPS) is 14.2. The van der Waals surface area contributed by atoms with E-state index in [-0.39, 0.29) is 0 Å². The van der Waals surface area contributed by atoms with E-state index in [9.17, 15) is 8.78 Å². The lowest BCUT2D eigenvalue weighted by molar-refractivity contribution is 0.0818. The molecule has 0 saturated heterocycles. The molecule has 1 fully saturated rings. The molecule has 130 valence electrons. The van der Waals surface area contributed by atoms with Crippen molar-refractivity contribution in [1.29, 1.82) is 0 Å². The van der Waals surface area contributed by atoms with Gasteiger partial charge in [0, 0.05) is 12.6 Å². The largest absolute Gasteiger partial charge is 0.488 e. The van der Waals surface area contributed by atoms with Gasteiger partial charge >= 0.3 is 0 Å². The predicted octanol–water partition coefficient (Wildman–Crippen LogP) is 3.42. The molecule has 1 saturated carbocycles. The summed E-state index contributed by atoms with van der Waals surface area (Å²) in [7, 11) is 0. The molecule has 2 heterocycles. The second kappa shape index (κ2) is 6.62. The van der Waals surface area contributed by atoms with Crippen LogP contribution in [0.5, 0.6) is 5.75 Å². The monoisotopic (exact) mass is 345 g/mol. The van der Waals surface area contributed by atoms with Gasteiger partial charge in [-0.15, -0.1) is 0 Å². The molecular formula is C17H17F2N5O. The van der Waals surface area contributed by atoms with Gasteiger partial charge in [-0.2, -0.15) is 0 Å². The minimum absolute atomic E-state index is 0.422. The third-order valence-electron chi connectivity index (χ3n) is 4.03. The summed E-state index contributed by atoms with van der Waals surface area (Å²) < 4.78 is 31.6. The topological polar surface area (TPSA) is 64.9 Å². The molecule has 0 unspecified atom stereocenters. The number of rotatable bonds is 7. The quantitative estimate of drug-likeness (QED) is 0.711. The third-order valence-corrected chi connectivity index (χ3v) is 4.03. The molecule has 1 aliphatic rings. The van der Waals surface area contributed by atoms with E-state index < -0.39 is 13.0 Å². The summed E-state index contributed by atoms with van der Waals surface area (Å²) in [6.07, 6.45) is 3.15. The van der Waals surface area contributed by atoms with Crippen molar-refractivity contribution in [3.05, 3.63) is 42.5 Å². The van der Waals surface area contributed by atoms with Gasteiger partial charge in [-0.3, -0.25) is 0 Å². The van der Waals surface area contributed by atoms with E-state index in [0.29, 0.717) is 24.2 Å². The van der Waals surface area contributed by atoms with Crippen LogP contribution in [0.4, 0.5) is 14.6 Å². The molecule has 0 atom stereocenters. The third kappa shape index (κ3) is 3.52. The molecule has 1 N–H and O–H groups in total. The highest BCUT2D eigenvalue weighted by Crippen LogP contribution is 2.37. The number of anilines is 1. The number of benzene rings is 1. The average Bonchev–Trinajstić information content (AvgIpc) is 3.37. The molecule has 8 heteroatoms. The molecule has 3 aromatic rings. The molecule has 25 heavy (non-hydrogen) atoms. The Morgan fingerprint density at radius 2 is 2.12 bits per heavy atom. The lowest BCUT2D eigenvalue weighted by atomic mass is 10.2. The molecule has 0 spiro atoms. The molecule has 4 rings (SSSR count). The van der Waals surface area contributed by atoms with Crippen LogP contribution in [0.15, 0.2) is 36.9 Å². The number of halogens is 2. The number of hydrogen-bond acceptors (Lipinski definition) is 5. The van der Waals surface area contributed by atoms with Gasteiger partial charge in [-0.05, 0) is 30.5 Å². The van der Waals surface area contributed by atoms with Gasteiger partial charge < -0.3 is 14.6 Å². The van der Waals surface area contributed by atoms with E-state index in [1.54, 1.807) is 24.5 Å². The first-order valence-corrected chi connectivity index (χ1v) is 8.12. The van der Waals surface area contributed by atoms with Crippen molar-refractivity contribution < 1.29 is 13.5 Å². The molecule has 2 aromatic heterocycles. The second-order valence-corrected chi connectivity index (χ2v) is 5.98. The first-order chi connectivity index (χ1) is 12.2. The van der Waals surface area contributed by atoms with Crippen LogP contribution in [0, 0.1) is 0 Å². The number of alkyl halides is 2. The predicted molar refractivity (Wildman–Crippen MR) is 88.9 cm³/mol. The van der Waals surface area contributed by atoms with Gasteiger partial charge in [0.1, 0.15) is 24.2 Å². The first kappa shape index (κ1) is 15.7. The van der Waals surface area contributed by atoms with Gasteiger partial charge in [-0.25, -0.2) is 23.7 Å². The van der Waals surface area contributed by atoms with Crippen LogP contribution in [0.2, 0.25) is 0 Å². The molecule has 1 aromatic carbocycles. The molecule has 0 amide bonds. The Hall–Kier alpha value is -2.77. The minimum Gasteiger partial charge on any atom is -0.488 e. The van der Waals surface area contributed by atoms with E-state index in [2.05, 4.69) is 24.8 Å². The molecular weight excluding hydrogens is 328 g/mol. The van der Waals surface area contributed by atoms with Crippen LogP contribution in [0.25, 0.3) is 11.2 Å². The molecule has 1 aliphatic carbocycles. The Morgan fingerprint density at radius 3 is 2.92 bits per heavy atom. The Bertz CT molecular complexity index is 878. The number of nitrogens with zero attached hydrogens (tertiary/aromatic N) is 4. The fourth-order valence-electron chi connectivity index (χ4n) is 2.69. The van der Waals surface area contributed by atoms with Crippen molar-refractivity contribution in [3.8, 4) is 5.75 Å². The number of imidazole rings is 1. The number of fused-ring (bicyclic) bond motifs is 1. The van der Waals surface area contributed by atoms with E-state index in [1.807, 2.05) is 6.07 Å². The van der Waals surface area contributed by atoms with Crippen molar-refractivity contribution in [2.75, 3.05) is 11.9 Å². The number of ether oxygens (including phenoxy) is 1. The van der Waals surface area contributed by atoms with E-state index in [1.165, 1.54) is 6.33 Å². The fourth-order valence-corrected chi connectivity index (χ4v) is 2.69. The number of nitrogens with one attached hydrogen (secondary N) is 1. The van der Waals surface area contributed by atoms with Crippen LogP contribution in [-0.2, 0) is 6.54 Å². The standard InChI is InChI=1S/C17H17F2N5O/c18-14(19)8-25-13-3-1-2-11(6-13)7-20-16-15-17(22-9-21-16)24(10-23-15)12-4-5-12/h1-3,6,9-10,12,14H,4-5,7-8H2,(H,20,21,22). The van der Waals surface area contributed by atoms with Crippen LogP contribution >= 0.6 is 0 Å². The summed E-state index contributed by atoms with van der Waals surface area (Å²) in [4.78, 5) is 13.0. The Balaban J connectivity index is 1.48. The SMILES string of the molecule is FC(F)COc1cccc(CNc2ncnc3c2ncn3C2CC2)c1. The van der Waals surface area contributed by atoms with Gasteiger partial charge in [0.15, 0.2) is 11.5 Å². The highest BCUT2D eigenvalue weighted by molar-refractivity contribution is 5.82. The molecule has 0 aliphatic heterocycles. The van der Waals surface area contributed by atoms with Crippen LogP contribution in [-0.4, -0.2) is 32.6 Å². The Morgan fingerprint density at radius 1 is 1.24 bits per heavy atom. The zero-order valence-electron chi connectivity index (χ0n) is 13.4. The zero-order chi connectivity index (χ0) is 17.2. The smallest absolute Gasteiger partial charge is 0.272 e. The van der Waals surface area contributed by atoms with Gasteiger partial charge in [0.25, 0.3) is 6.43 Å². The fraction of sp³-hybridized carbons (Fsp3) is 0.353. The van der Waals surface area contributed by atoms with Crippen molar-refractivity contribution in [1.82, 2.24) is 19.5 Å². The average molecular weight is 345 g/mol. The summed E-state index contributed by atoms with van der Waals surface area (Å²) in [5, 5.41) is 3.24. The number of aromatic nitrogens is 4. The molecule has 0 bridgehead atoms. The number of hydrogen-bond donors (Lipinski definition) is 1. The summed E-state index contributed by atoms with van der Waals surface area (Å²) in [6.45, 7) is -0.129. The summed E-state index contributed by atoms with van der Waals surface area (Å²) in [5.74, 6) is 1.08. The highest BCUT2D eigenvalue weighted by Gasteiger charge is 2.26. The Labute approximate surface area is 142 Å². The maximum Gasteiger partial charge on any atom is 0.272 e. The minimum atomic E-state index is -2.49. The summed E-state index contributed by atoms with van der Waals surface area (Å²) >= 11 is 0. The zero-order valence-corrected chi connectivity index (χ0v) is 13.4. The van der Waals surface area contributed by atoms with Crippen molar-refractivity contribution >= 4 is 17.0 Å². The van der Waals surface area contributed by atoms with Crippen LogP contribution in [0.3, 0.4) is 0 Å². The van der Waals surface area contributed by atoms with Crippen molar-refractivity contribution in [2.45, 2.75) is 31.9 Å². The van der Waals surface area contributed by atoms with Crippen LogP contribution in [0.1, 0.15) is 24.4 Å². The van der Waals surface area contributed by atoms with Gasteiger partial charge in [0.2, 0.25) is 0 Å². The summed E-state index contributed by atoms with van der Waals surface area (Å²) in [6, 6.07) is 7.55. The van der Waals surface area contributed by atoms with Gasteiger partial charge in [0.05, 0.1) is 6.33 Å². The highest BCUT2D eigenvalue weighted by atomic mass is 19.3. The lowest BCUT2D eigenvalue weighted by Crippen LogP contribution is -2.07. The lowest BCUT2D eigenvalue weighted by Gasteiger charge is -2.09. The molecule has 6 nitrogen and oxygen atoms in total. The first-order valence-electron chi connectivity index (χ1n) is 8.12. The maximum absolute atomic E-state index is 12.2. The second-order valence-electron chi connectivity index (χ2n) is 5.98. The Kier molecular flexibility index (Phi) is 4.17. The maximum atomic E-state index is 12.2. The van der Waals surface area contributed by atoms with Crippen molar-refractivity contribution in [3.63, 3.8) is 0 Å². The van der Waals surface area contributed by atoms with E-state index >= 15 is 0 Å². The van der Waals surface area contributed by atoms with E-state index in [4.69, 9.17) is 4.74 Å². The molecule has 0 radical (unpaired) electrons. The van der Waals surface area contributed by atoms with Gasteiger partial charge in [-0.1, -0.05) is 12.1 Å². The van der Waals surface area contributed by atoms with E-state index in [0.717, 1.165) is 29.6 Å². The van der Waals surface area contributed by atoms with Crippen LogP contribution < -0.4 is 10.1 Å². The van der Waals surface area contributed by atoms with Crippen molar-refractivity contribution in [2.24, 2.45) is 0 Å².